The molecule has 156 valence electrons. The van der Waals surface area contributed by atoms with Crippen molar-refractivity contribution in [3.05, 3.63) is 54.1 Å². The van der Waals surface area contributed by atoms with E-state index in [0.717, 1.165) is 16.6 Å². The Bertz CT molecular complexity index is 697. The third-order valence-corrected chi connectivity index (χ3v) is 3.93. The van der Waals surface area contributed by atoms with Crippen LogP contribution in [-0.4, -0.2) is 35.2 Å². The van der Waals surface area contributed by atoms with Gasteiger partial charge in [-0.25, -0.2) is 9.98 Å². The van der Waals surface area contributed by atoms with Gasteiger partial charge in [0.1, 0.15) is 12.4 Å². The molecule has 2 aromatic rings. The van der Waals surface area contributed by atoms with Crippen molar-refractivity contribution in [2.75, 3.05) is 19.7 Å². The summed E-state index contributed by atoms with van der Waals surface area (Å²) < 4.78 is 32.3. The van der Waals surface area contributed by atoms with Gasteiger partial charge < -0.3 is 15.4 Å². The quantitative estimate of drug-likeness (QED) is 0.220. The second-order valence-corrected chi connectivity index (χ2v) is 5.93. The van der Waals surface area contributed by atoms with Crippen molar-refractivity contribution in [2.24, 2.45) is 4.99 Å². The molecule has 0 fully saturated rings. The molecule has 0 saturated heterocycles. The summed E-state index contributed by atoms with van der Waals surface area (Å²) in [7, 11) is 0. The van der Waals surface area contributed by atoms with E-state index in [1.165, 1.54) is 12.4 Å². The molecular formula is C19H28F2IN5O. The molecule has 6 nitrogen and oxygen atoms in total. The Morgan fingerprint density at radius 3 is 2.68 bits per heavy atom. The second-order valence-electron chi connectivity index (χ2n) is 5.93. The Labute approximate surface area is 181 Å². The van der Waals surface area contributed by atoms with Gasteiger partial charge in [0.05, 0.1) is 6.10 Å². The summed E-state index contributed by atoms with van der Waals surface area (Å²) in [5.74, 6) is 0.791. The summed E-state index contributed by atoms with van der Waals surface area (Å²) in [6, 6.07) is 10.1. The number of aliphatic imine (C=N–C) groups is 1. The monoisotopic (exact) mass is 507 g/mol. The molecule has 0 saturated carbocycles. The van der Waals surface area contributed by atoms with Crippen molar-refractivity contribution in [2.45, 2.75) is 39.5 Å². The molecule has 0 radical (unpaired) electrons. The number of imidazole rings is 1. The van der Waals surface area contributed by atoms with Gasteiger partial charge in [-0.2, -0.15) is 8.78 Å². The lowest BCUT2D eigenvalue weighted by atomic mass is 10.1. The highest BCUT2D eigenvalue weighted by Crippen LogP contribution is 2.15. The number of alkyl halides is 2. The largest absolute Gasteiger partial charge is 0.374 e. The zero-order chi connectivity index (χ0) is 19.5. The number of ether oxygens (including phenoxy) is 1. The van der Waals surface area contributed by atoms with Crippen LogP contribution in [0.5, 0.6) is 0 Å². The van der Waals surface area contributed by atoms with Gasteiger partial charge in [0, 0.05) is 32.1 Å². The Balaban J connectivity index is 0.00000392. The smallest absolute Gasteiger partial charge is 0.319 e. The number of halogens is 3. The Morgan fingerprint density at radius 1 is 1.25 bits per heavy atom. The summed E-state index contributed by atoms with van der Waals surface area (Å²) in [5.41, 5.74) is 1.15. The van der Waals surface area contributed by atoms with Crippen LogP contribution in [0.4, 0.5) is 8.78 Å². The highest BCUT2D eigenvalue weighted by molar-refractivity contribution is 14.0. The summed E-state index contributed by atoms with van der Waals surface area (Å²) in [4.78, 5) is 8.24. The van der Waals surface area contributed by atoms with Crippen LogP contribution in [0.25, 0.3) is 0 Å². The second kappa shape index (κ2) is 13.4. The van der Waals surface area contributed by atoms with Gasteiger partial charge in [-0.1, -0.05) is 30.3 Å². The van der Waals surface area contributed by atoms with Crippen LogP contribution >= 0.6 is 24.0 Å². The molecule has 2 rings (SSSR count). The van der Waals surface area contributed by atoms with Crippen LogP contribution in [-0.2, 0) is 11.3 Å². The summed E-state index contributed by atoms with van der Waals surface area (Å²) in [6.07, 6.45) is 3.44. The molecule has 1 unspecified atom stereocenters. The van der Waals surface area contributed by atoms with Crippen molar-refractivity contribution in [1.82, 2.24) is 20.2 Å². The van der Waals surface area contributed by atoms with Crippen LogP contribution in [0.2, 0.25) is 0 Å². The lowest BCUT2D eigenvalue weighted by Crippen LogP contribution is -2.38. The van der Waals surface area contributed by atoms with E-state index in [0.29, 0.717) is 25.7 Å². The number of benzene rings is 1. The summed E-state index contributed by atoms with van der Waals surface area (Å²) >= 11 is 0. The third-order valence-electron chi connectivity index (χ3n) is 3.93. The summed E-state index contributed by atoms with van der Waals surface area (Å²) in [6.45, 7) is 3.39. The molecule has 0 amide bonds. The maximum absolute atomic E-state index is 12.8. The van der Waals surface area contributed by atoms with Crippen molar-refractivity contribution in [3.8, 4) is 0 Å². The van der Waals surface area contributed by atoms with Gasteiger partial charge in [-0.05, 0) is 25.8 Å². The number of aromatic nitrogens is 2. The molecule has 0 aliphatic carbocycles. The molecule has 1 aromatic carbocycles. The third kappa shape index (κ3) is 8.09. The van der Waals surface area contributed by atoms with Gasteiger partial charge in [0.2, 0.25) is 0 Å². The minimum atomic E-state index is -2.61. The van der Waals surface area contributed by atoms with Gasteiger partial charge in [0.15, 0.2) is 5.96 Å². The maximum Gasteiger partial charge on any atom is 0.319 e. The first-order chi connectivity index (χ1) is 13.1. The van der Waals surface area contributed by atoms with Crippen LogP contribution in [0.1, 0.15) is 44.3 Å². The maximum atomic E-state index is 12.8. The van der Waals surface area contributed by atoms with Crippen molar-refractivity contribution in [1.29, 1.82) is 0 Å². The molecule has 1 aromatic heterocycles. The van der Waals surface area contributed by atoms with Crippen molar-refractivity contribution >= 4 is 29.9 Å². The van der Waals surface area contributed by atoms with Gasteiger partial charge in [-0.15, -0.1) is 24.0 Å². The topological polar surface area (TPSA) is 63.5 Å². The highest BCUT2D eigenvalue weighted by Gasteiger charge is 2.11. The molecular weight excluding hydrogens is 479 g/mol. The van der Waals surface area contributed by atoms with Gasteiger partial charge >= 0.3 is 6.55 Å². The number of rotatable bonds is 10. The van der Waals surface area contributed by atoms with E-state index < -0.39 is 6.55 Å². The zero-order valence-electron chi connectivity index (χ0n) is 16.1. The number of nitrogens with zero attached hydrogens (tertiary/aromatic N) is 3. The fourth-order valence-corrected chi connectivity index (χ4v) is 2.49. The molecule has 2 N–H and O–H groups in total. The molecule has 28 heavy (non-hydrogen) atoms. The first kappa shape index (κ1) is 24.3. The minimum Gasteiger partial charge on any atom is -0.374 e. The molecule has 0 aliphatic heterocycles. The molecule has 0 aliphatic rings. The standard InChI is InChI=1S/C19H27F2N5O.HI/c1-3-22-19(25-14-17-23-11-12-26(17)18(20)21)24-10-7-13-27-15(2)16-8-5-4-6-9-16;/h4-6,8-9,11-12,15,18H,3,7,10,13-14H2,1-2H3,(H2,22,24,25);1H. The number of nitrogens with one attached hydrogen (secondary N) is 2. The van der Waals surface area contributed by atoms with E-state index in [4.69, 9.17) is 4.74 Å². The number of hydrogen-bond donors (Lipinski definition) is 2. The molecule has 0 spiro atoms. The minimum absolute atomic E-state index is 0. The van der Waals surface area contributed by atoms with Gasteiger partial charge in [-0.3, -0.25) is 4.57 Å². The van der Waals surface area contributed by atoms with Crippen LogP contribution in [0.15, 0.2) is 47.7 Å². The van der Waals surface area contributed by atoms with E-state index in [1.54, 1.807) is 0 Å². The van der Waals surface area contributed by atoms with E-state index in [2.05, 4.69) is 20.6 Å². The van der Waals surface area contributed by atoms with Gasteiger partial charge in [0.25, 0.3) is 0 Å². The molecule has 0 bridgehead atoms. The Hall–Kier alpha value is -1.75. The SMILES string of the molecule is CCNC(=NCc1nccn1C(F)F)NCCCOC(C)c1ccccc1.I. The van der Waals surface area contributed by atoms with Crippen LogP contribution in [0, 0.1) is 0 Å². The predicted octanol–water partition coefficient (Wildman–Crippen LogP) is 4.12. The fourth-order valence-electron chi connectivity index (χ4n) is 2.49. The average molecular weight is 507 g/mol. The number of guanidine groups is 1. The van der Waals surface area contributed by atoms with E-state index in [-0.39, 0.29) is 42.4 Å². The fraction of sp³-hybridized carbons (Fsp3) is 0.474. The normalized spacial score (nSPS) is 12.5. The van der Waals surface area contributed by atoms with E-state index in [9.17, 15) is 8.78 Å². The lowest BCUT2D eigenvalue weighted by Gasteiger charge is -2.14. The Kier molecular flexibility index (Phi) is 11.7. The Morgan fingerprint density at radius 2 is 2.00 bits per heavy atom. The summed E-state index contributed by atoms with van der Waals surface area (Å²) in [5, 5.41) is 6.27. The van der Waals surface area contributed by atoms with Crippen molar-refractivity contribution in [3.63, 3.8) is 0 Å². The first-order valence-corrected chi connectivity index (χ1v) is 9.10. The predicted molar refractivity (Wildman–Crippen MR) is 117 cm³/mol. The average Bonchev–Trinajstić information content (AvgIpc) is 3.15. The molecule has 1 atom stereocenters. The van der Waals surface area contributed by atoms with E-state index >= 15 is 0 Å². The molecule has 1 heterocycles. The van der Waals surface area contributed by atoms with Crippen LogP contribution < -0.4 is 10.6 Å². The zero-order valence-corrected chi connectivity index (χ0v) is 18.5. The van der Waals surface area contributed by atoms with Crippen molar-refractivity contribution < 1.29 is 13.5 Å². The highest BCUT2D eigenvalue weighted by atomic mass is 127. The number of hydrogen-bond acceptors (Lipinski definition) is 3. The lowest BCUT2D eigenvalue weighted by molar-refractivity contribution is 0.0645. The first-order valence-electron chi connectivity index (χ1n) is 9.10. The molecule has 9 heteroatoms. The van der Waals surface area contributed by atoms with E-state index in [1.807, 2.05) is 44.2 Å². The van der Waals surface area contributed by atoms with Crippen LogP contribution in [0.3, 0.4) is 0 Å².